The van der Waals surface area contributed by atoms with Crippen LogP contribution in [0, 0.1) is 12.8 Å². The van der Waals surface area contributed by atoms with Crippen molar-refractivity contribution < 1.29 is 9.53 Å². The number of ether oxygens (including phenoxy) is 1. The van der Waals surface area contributed by atoms with Gasteiger partial charge in [0.25, 0.3) is 0 Å². The number of benzene rings is 2. The number of rotatable bonds is 5. The Morgan fingerprint density at radius 2 is 1.97 bits per heavy atom. The number of nitrogens with zero attached hydrogens (tertiary/aromatic N) is 2. The first-order chi connectivity index (χ1) is 13.9. The van der Waals surface area contributed by atoms with Gasteiger partial charge in [0, 0.05) is 19.4 Å². The average Bonchev–Trinajstić information content (AvgIpc) is 3.01. The Hall–Kier alpha value is -2.33. The van der Waals surface area contributed by atoms with Crippen LogP contribution in [0.4, 0.5) is 0 Å². The molecule has 4 rings (SSSR count). The zero-order valence-electron chi connectivity index (χ0n) is 17.2. The smallest absolute Gasteiger partial charge is 0.140 e. The van der Waals surface area contributed by atoms with Gasteiger partial charge in [-0.15, -0.1) is 0 Å². The molecule has 0 atom stereocenters. The second-order valence-electron chi connectivity index (χ2n) is 8.20. The summed E-state index contributed by atoms with van der Waals surface area (Å²) in [5, 5.41) is 0.572. The van der Waals surface area contributed by atoms with Crippen LogP contribution >= 0.6 is 11.6 Å². The first kappa shape index (κ1) is 20.0. The molecule has 1 fully saturated rings. The molecule has 0 saturated heterocycles. The molecule has 2 aromatic carbocycles. The lowest BCUT2D eigenvalue weighted by atomic mass is 9.85. The number of Topliss-reactive ketones (excluding diaryl/α,β-unsaturated/α-hetero) is 1. The Labute approximate surface area is 176 Å². The first-order valence-corrected chi connectivity index (χ1v) is 10.7. The van der Waals surface area contributed by atoms with E-state index in [2.05, 4.69) is 35.8 Å². The number of ketones is 1. The highest BCUT2D eigenvalue weighted by Gasteiger charge is 2.26. The number of aryl methyl sites for hydroxylation is 2. The number of hydrogen-bond acceptors (Lipinski definition) is 3. The maximum Gasteiger partial charge on any atom is 0.140 e. The summed E-state index contributed by atoms with van der Waals surface area (Å²) >= 11 is 6.70. The van der Waals surface area contributed by atoms with Gasteiger partial charge >= 0.3 is 0 Å². The number of carbonyl (C=O) groups is 1. The molecular weight excluding hydrogens is 384 g/mol. The number of imidazole rings is 1. The van der Waals surface area contributed by atoms with E-state index in [0.717, 1.165) is 49.0 Å². The molecule has 0 spiro atoms. The van der Waals surface area contributed by atoms with Crippen LogP contribution in [0.15, 0.2) is 36.4 Å². The number of hydrogen-bond donors (Lipinski definition) is 0. The molecule has 0 unspecified atom stereocenters. The Morgan fingerprint density at radius 3 is 2.66 bits per heavy atom. The van der Waals surface area contributed by atoms with Crippen molar-refractivity contribution in [2.45, 2.75) is 52.1 Å². The van der Waals surface area contributed by atoms with Crippen LogP contribution < -0.4 is 4.74 Å². The van der Waals surface area contributed by atoms with E-state index in [4.69, 9.17) is 21.3 Å². The van der Waals surface area contributed by atoms with E-state index in [0.29, 0.717) is 10.8 Å². The topological polar surface area (TPSA) is 44.1 Å². The Kier molecular flexibility index (Phi) is 5.64. The Balaban J connectivity index is 1.55. The summed E-state index contributed by atoms with van der Waals surface area (Å²) in [6.45, 7) is 3.79. The van der Waals surface area contributed by atoms with Gasteiger partial charge in [0.1, 0.15) is 27.9 Å². The monoisotopic (exact) mass is 410 g/mol. The van der Waals surface area contributed by atoms with Crippen molar-refractivity contribution in [2.75, 3.05) is 0 Å². The van der Waals surface area contributed by atoms with Crippen LogP contribution in [0.3, 0.4) is 0 Å². The molecule has 0 radical (unpaired) electrons. The van der Waals surface area contributed by atoms with Crippen molar-refractivity contribution >= 4 is 28.4 Å². The normalized spacial score (nSPS) is 19.4. The van der Waals surface area contributed by atoms with E-state index in [9.17, 15) is 4.79 Å². The van der Waals surface area contributed by atoms with Crippen molar-refractivity contribution in [3.63, 3.8) is 0 Å². The van der Waals surface area contributed by atoms with Crippen LogP contribution in [0.25, 0.3) is 11.0 Å². The first-order valence-electron chi connectivity index (χ1n) is 10.3. The molecule has 0 bridgehead atoms. The third-order valence-electron chi connectivity index (χ3n) is 6.04. The van der Waals surface area contributed by atoms with Crippen molar-refractivity contribution in [1.29, 1.82) is 0 Å². The molecule has 0 aliphatic heterocycles. The molecule has 3 aromatic rings. The minimum Gasteiger partial charge on any atom is -0.489 e. The van der Waals surface area contributed by atoms with E-state index < -0.39 is 0 Å². The largest absolute Gasteiger partial charge is 0.489 e. The van der Waals surface area contributed by atoms with Crippen LogP contribution in [0.5, 0.6) is 5.75 Å². The molecule has 0 amide bonds. The predicted octanol–water partition coefficient (Wildman–Crippen LogP) is 5.65. The van der Waals surface area contributed by atoms with Crippen LogP contribution in [-0.2, 0) is 18.3 Å². The number of halogens is 1. The van der Waals surface area contributed by atoms with Crippen molar-refractivity contribution in [1.82, 2.24) is 9.55 Å². The standard InChI is InChI=1S/C24H27ClN2O2/c1-15-5-4-6-17(13-15)14-22-26-24-20(27(22)3)11-12-21(23(24)25)29-19-9-7-18(8-10-19)16(2)28/h4-6,11-13,18-19H,7-10,14H2,1-3H3. The summed E-state index contributed by atoms with van der Waals surface area (Å²) in [6, 6.07) is 12.5. The van der Waals surface area contributed by atoms with Crippen LogP contribution in [0.2, 0.25) is 5.02 Å². The van der Waals surface area contributed by atoms with Gasteiger partial charge in [-0.2, -0.15) is 0 Å². The summed E-state index contributed by atoms with van der Waals surface area (Å²) in [5.41, 5.74) is 4.27. The van der Waals surface area contributed by atoms with E-state index in [1.54, 1.807) is 6.92 Å². The van der Waals surface area contributed by atoms with Gasteiger partial charge in [-0.1, -0.05) is 41.4 Å². The third-order valence-corrected chi connectivity index (χ3v) is 6.40. The average molecular weight is 411 g/mol. The second kappa shape index (κ2) is 8.19. The van der Waals surface area contributed by atoms with Gasteiger partial charge in [-0.3, -0.25) is 4.79 Å². The predicted molar refractivity (Wildman–Crippen MR) is 117 cm³/mol. The SMILES string of the molecule is CC(=O)C1CCC(Oc2ccc3c(nc(Cc4cccc(C)c4)n3C)c2Cl)CC1. The number of carbonyl (C=O) groups excluding carboxylic acids is 1. The minimum absolute atomic E-state index is 0.107. The lowest BCUT2D eigenvalue weighted by molar-refractivity contribution is -0.122. The summed E-state index contributed by atoms with van der Waals surface area (Å²) in [6.07, 6.45) is 4.43. The minimum atomic E-state index is 0.107. The maximum atomic E-state index is 11.6. The molecule has 1 aromatic heterocycles. The fraction of sp³-hybridized carbons (Fsp3) is 0.417. The van der Waals surface area contributed by atoms with Crippen LogP contribution in [-0.4, -0.2) is 21.4 Å². The van der Waals surface area contributed by atoms with Crippen LogP contribution in [0.1, 0.15) is 49.6 Å². The molecule has 1 saturated carbocycles. The van der Waals surface area contributed by atoms with Crippen molar-refractivity contribution in [3.05, 3.63) is 58.4 Å². The summed E-state index contributed by atoms with van der Waals surface area (Å²) in [4.78, 5) is 16.4. The molecule has 29 heavy (non-hydrogen) atoms. The highest BCUT2D eigenvalue weighted by Crippen LogP contribution is 2.36. The summed E-state index contributed by atoms with van der Waals surface area (Å²) < 4.78 is 8.32. The fourth-order valence-electron chi connectivity index (χ4n) is 4.28. The highest BCUT2D eigenvalue weighted by molar-refractivity contribution is 6.36. The van der Waals surface area contributed by atoms with Gasteiger partial charge in [0.15, 0.2) is 0 Å². The third kappa shape index (κ3) is 4.18. The van der Waals surface area contributed by atoms with Gasteiger partial charge in [0.05, 0.1) is 11.6 Å². The van der Waals surface area contributed by atoms with E-state index in [1.807, 2.05) is 19.2 Å². The number of aromatic nitrogens is 2. The van der Waals surface area contributed by atoms with Crippen molar-refractivity contribution in [3.8, 4) is 5.75 Å². The number of fused-ring (bicyclic) bond motifs is 1. The second-order valence-corrected chi connectivity index (χ2v) is 8.58. The van der Waals surface area contributed by atoms with E-state index >= 15 is 0 Å². The lowest BCUT2D eigenvalue weighted by Gasteiger charge is -2.27. The van der Waals surface area contributed by atoms with E-state index in [1.165, 1.54) is 11.1 Å². The van der Waals surface area contributed by atoms with E-state index in [-0.39, 0.29) is 17.8 Å². The molecule has 152 valence electrons. The Bertz CT molecular complexity index is 1050. The zero-order chi connectivity index (χ0) is 20.5. The van der Waals surface area contributed by atoms with Gasteiger partial charge in [0.2, 0.25) is 0 Å². The molecule has 1 heterocycles. The van der Waals surface area contributed by atoms with Gasteiger partial charge in [-0.25, -0.2) is 4.98 Å². The maximum absolute atomic E-state index is 11.6. The molecule has 1 aliphatic rings. The van der Waals surface area contributed by atoms with Crippen molar-refractivity contribution in [2.24, 2.45) is 13.0 Å². The molecule has 0 N–H and O–H groups in total. The van der Waals surface area contributed by atoms with Gasteiger partial charge < -0.3 is 9.30 Å². The molecule has 5 heteroatoms. The lowest BCUT2D eigenvalue weighted by Crippen LogP contribution is -2.27. The molecule has 1 aliphatic carbocycles. The molecular formula is C24H27ClN2O2. The highest BCUT2D eigenvalue weighted by atomic mass is 35.5. The fourth-order valence-corrected chi connectivity index (χ4v) is 4.52. The Morgan fingerprint density at radius 1 is 1.21 bits per heavy atom. The summed E-state index contributed by atoms with van der Waals surface area (Å²) in [5.74, 6) is 2.14. The zero-order valence-corrected chi connectivity index (χ0v) is 18.0. The molecule has 4 nitrogen and oxygen atoms in total. The quantitative estimate of drug-likeness (QED) is 0.545. The summed E-state index contributed by atoms with van der Waals surface area (Å²) in [7, 11) is 2.03. The van der Waals surface area contributed by atoms with Gasteiger partial charge in [-0.05, 0) is 57.2 Å².